The van der Waals surface area contributed by atoms with Crippen LogP contribution in [0.1, 0.15) is 43.1 Å². The highest BCUT2D eigenvalue weighted by Crippen LogP contribution is 2.32. The summed E-state index contributed by atoms with van der Waals surface area (Å²) >= 11 is 0. The van der Waals surface area contributed by atoms with Crippen LogP contribution in [-0.4, -0.2) is 20.9 Å². The number of nitrogens with one attached hydrogen (secondary N) is 1. The van der Waals surface area contributed by atoms with Gasteiger partial charge in [0.15, 0.2) is 5.75 Å². The van der Waals surface area contributed by atoms with Gasteiger partial charge in [-0.25, -0.2) is 9.97 Å². The van der Waals surface area contributed by atoms with Gasteiger partial charge in [0.05, 0.1) is 6.20 Å². The van der Waals surface area contributed by atoms with E-state index in [0.29, 0.717) is 11.7 Å². The molecule has 0 bridgehead atoms. The van der Waals surface area contributed by atoms with Crippen LogP contribution in [0.2, 0.25) is 0 Å². The van der Waals surface area contributed by atoms with E-state index in [0.717, 1.165) is 12.8 Å². The van der Waals surface area contributed by atoms with Crippen LogP contribution in [0, 0.1) is 5.41 Å². The number of aromatic nitrogens is 2. The fourth-order valence-corrected chi connectivity index (χ4v) is 1.97. The van der Waals surface area contributed by atoms with Crippen LogP contribution in [0.3, 0.4) is 0 Å². The van der Waals surface area contributed by atoms with Gasteiger partial charge in [-0.15, -0.1) is 0 Å². The van der Waals surface area contributed by atoms with E-state index < -0.39 is 0 Å². The van der Waals surface area contributed by atoms with Crippen LogP contribution in [0.15, 0.2) is 6.20 Å². The smallest absolute Gasteiger partial charge is 0.163 e. The normalized spacial score (nSPS) is 16.8. The van der Waals surface area contributed by atoms with Gasteiger partial charge >= 0.3 is 0 Å². The Morgan fingerprint density at radius 1 is 1.47 bits per heavy atom. The van der Waals surface area contributed by atoms with Gasteiger partial charge < -0.3 is 10.8 Å². The van der Waals surface area contributed by atoms with E-state index in [1.54, 1.807) is 0 Å². The molecule has 1 aliphatic carbocycles. The van der Waals surface area contributed by atoms with Crippen LogP contribution >= 0.6 is 0 Å². The van der Waals surface area contributed by atoms with Crippen molar-refractivity contribution in [3.05, 3.63) is 17.7 Å². The van der Waals surface area contributed by atoms with Crippen molar-refractivity contribution in [3.63, 3.8) is 0 Å². The Labute approximate surface area is 87.9 Å². The summed E-state index contributed by atoms with van der Waals surface area (Å²) in [7, 11) is 0. The van der Waals surface area contributed by atoms with Crippen LogP contribution in [0.5, 0.6) is 5.75 Å². The van der Waals surface area contributed by atoms with Gasteiger partial charge in [0.1, 0.15) is 17.4 Å². The molecule has 1 aromatic heterocycles. The van der Waals surface area contributed by atoms with Crippen molar-refractivity contribution in [2.45, 2.75) is 31.6 Å². The number of amidine groups is 1. The first kappa shape index (κ1) is 9.89. The highest BCUT2D eigenvalue weighted by Gasteiger charge is 2.21. The third kappa shape index (κ3) is 1.91. The fourth-order valence-electron chi connectivity index (χ4n) is 1.97. The Bertz CT molecular complexity index is 385. The van der Waals surface area contributed by atoms with Gasteiger partial charge in [-0.2, -0.15) is 0 Å². The SMILES string of the molecule is N=C(N)c1nc(C2CCCC2)ncc1O. The predicted molar refractivity (Wildman–Crippen MR) is 55.9 cm³/mol. The molecular formula is C10H14N4O. The van der Waals surface area contributed by atoms with E-state index in [4.69, 9.17) is 11.1 Å². The van der Waals surface area contributed by atoms with Crippen LogP contribution in [0.4, 0.5) is 0 Å². The largest absolute Gasteiger partial charge is 0.504 e. The summed E-state index contributed by atoms with van der Waals surface area (Å²) in [6, 6.07) is 0. The Morgan fingerprint density at radius 3 is 2.73 bits per heavy atom. The van der Waals surface area contributed by atoms with E-state index in [-0.39, 0.29) is 17.3 Å². The number of nitrogens with two attached hydrogens (primary N) is 1. The summed E-state index contributed by atoms with van der Waals surface area (Å²) < 4.78 is 0. The lowest BCUT2D eigenvalue weighted by Gasteiger charge is -2.09. The topological polar surface area (TPSA) is 95.9 Å². The third-order valence-corrected chi connectivity index (χ3v) is 2.76. The summed E-state index contributed by atoms with van der Waals surface area (Å²) in [4.78, 5) is 8.23. The number of nitrogen functional groups attached to an aromatic ring is 1. The lowest BCUT2D eigenvalue weighted by atomic mass is 10.1. The molecule has 0 aromatic carbocycles. The standard InChI is InChI=1S/C10H14N4O/c11-9(12)8-7(15)5-13-10(14-8)6-3-1-2-4-6/h5-6,15H,1-4H2,(H3,11,12). The second-order valence-electron chi connectivity index (χ2n) is 3.86. The van der Waals surface area contributed by atoms with Crippen molar-refractivity contribution in [2.75, 3.05) is 0 Å². The summed E-state index contributed by atoms with van der Waals surface area (Å²) in [6.45, 7) is 0. The molecule has 1 aliphatic rings. The zero-order chi connectivity index (χ0) is 10.8. The maximum atomic E-state index is 9.40. The van der Waals surface area contributed by atoms with Crippen molar-refractivity contribution in [1.82, 2.24) is 9.97 Å². The maximum absolute atomic E-state index is 9.40. The minimum atomic E-state index is -0.214. The molecule has 1 saturated carbocycles. The molecule has 15 heavy (non-hydrogen) atoms. The fraction of sp³-hybridized carbons (Fsp3) is 0.500. The zero-order valence-electron chi connectivity index (χ0n) is 8.40. The number of hydrogen-bond acceptors (Lipinski definition) is 4. The molecule has 0 saturated heterocycles. The van der Waals surface area contributed by atoms with Gasteiger partial charge in [0, 0.05) is 5.92 Å². The van der Waals surface area contributed by atoms with Crippen molar-refractivity contribution < 1.29 is 5.11 Å². The number of rotatable bonds is 2. The average molecular weight is 206 g/mol. The Kier molecular flexibility index (Phi) is 2.53. The van der Waals surface area contributed by atoms with Gasteiger partial charge in [0.25, 0.3) is 0 Å². The lowest BCUT2D eigenvalue weighted by molar-refractivity contribution is 0.465. The second-order valence-corrected chi connectivity index (χ2v) is 3.86. The lowest BCUT2D eigenvalue weighted by Crippen LogP contribution is -2.15. The summed E-state index contributed by atoms with van der Waals surface area (Å²) in [6.07, 6.45) is 5.90. The Morgan fingerprint density at radius 2 is 2.13 bits per heavy atom. The highest BCUT2D eigenvalue weighted by atomic mass is 16.3. The quantitative estimate of drug-likeness (QED) is 0.499. The molecule has 0 aliphatic heterocycles. The monoisotopic (exact) mass is 206 g/mol. The first-order valence-electron chi connectivity index (χ1n) is 5.09. The molecule has 5 heteroatoms. The Hall–Kier alpha value is -1.65. The molecule has 1 aromatic rings. The molecule has 0 radical (unpaired) electrons. The Balaban J connectivity index is 2.33. The van der Waals surface area contributed by atoms with Crippen molar-refractivity contribution in [2.24, 2.45) is 5.73 Å². The molecule has 0 spiro atoms. The maximum Gasteiger partial charge on any atom is 0.163 e. The van der Waals surface area contributed by atoms with E-state index in [1.807, 2.05) is 0 Å². The summed E-state index contributed by atoms with van der Waals surface area (Å²) in [5.41, 5.74) is 5.46. The van der Waals surface area contributed by atoms with Gasteiger partial charge in [-0.3, -0.25) is 5.41 Å². The molecular weight excluding hydrogens is 192 g/mol. The minimum absolute atomic E-state index is 0.121. The number of hydrogen-bond donors (Lipinski definition) is 3. The molecule has 2 rings (SSSR count). The van der Waals surface area contributed by atoms with E-state index in [1.165, 1.54) is 19.0 Å². The molecule has 4 N–H and O–H groups in total. The van der Waals surface area contributed by atoms with Crippen LogP contribution in [-0.2, 0) is 0 Å². The van der Waals surface area contributed by atoms with E-state index in [9.17, 15) is 5.11 Å². The molecule has 1 heterocycles. The summed E-state index contributed by atoms with van der Waals surface area (Å²) in [5.74, 6) is 0.734. The van der Waals surface area contributed by atoms with Gasteiger partial charge in [-0.1, -0.05) is 12.8 Å². The molecule has 1 fully saturated rings. The second kappa shape index (κ2) is 3.84. The third-order valence-electron chi connectivity index (χ3n) is 2.76. The molecule has 0 unspecified atom stereocenters. The molecule has 0 atom stereocenters. The van der Waals surface area contributed by atoms with E-state index in [2.05, 4.69) is 9.97 Å². The first-order valence-corrected chi connectivity index (χ1v) is 5.09. The van der Waals surface area contributed by atoms with E-state index >= 15 is 0 Å². The number of aromatic hydroxyl groups is 1. The van der Waals surface area contributed by atoms with Gasteiger partial charge in [-0.05, 0) is 12.8 Å². The predicted octanol–water partition coefficient (Wildman–Crippen LogP) is 1.12. The summed E-state index contributed by atoms with van der Waals surface area (Å²) in [5, 5.41) is 16.7. The molecule has 80 valence electrons. The van der Waals surface area contributed by atoms with Gasteiger partial charge in [0.2, 0.25) is 0 Å². The van der Waals surface area contributed by atoms with Crippen molar-refractivity contribution >= 4 is 5.84 Å². The molecule has 5 nitrogen and oxygen atoms in total. The van der Waals surface area contributed by atoms with Crippen molar-refractivity contribution in [1.29, 1.82) is 5.41 Å². The first-order chi connectivity index (χ1) is 7.18. The zero-order valence-corrected chi connectivity index (χ0v) is 8.40. The van der Waals surface area contributed by atoms with Crippen LogP contribution < -0.4 is 5.73 Å². The number of nitrogens with zero attached hydrogens (tertiary/aromatic N) is 2. The molecule has 0 amide bonds. The highest BCUT2D eigenvalue weighted by molar-refractivity contribution is 5.95. The average Bonchev–Trinajstić information content (AvgIpc) is 2.71. The minimum Gasteiger partial charge on any atom is -0.504 e. The van der Waals surface area contributed by atoms with Crippen molar-refractivity contribution in [3.8, 4) is 5.75 Å². The van der Waals surface area contributed by atoms with Crippen LogP contribution in [0.25, 0.3) is 0 Å².